The van der Waals surface area contributed by atoms with Crippen molar-refractivity contribution in [2.45, 2.75) is 24.7 Å². The highest BCUT2D eigenvalue weighted by atomic mass is 19.1. The lowest BCUT2D eigenvalue weighted by Gasteiger charge is -2.21. The molecule has 4 nitrogen and oxygen atoms in total. The Labute approximate surface area is 124 Å². The molecule has 2 aliphatic rings. The summed E-state index contributed by atoms with van der Waals surface area (Å²) in [5.41, 5.74) is 0.483. The quantitative estimate of drug-likeness (QED) is 0.890. The lowest BCUT2D eigenvalue weighted by atomic mass is 9.95. The maximum absolute atomic E-state index is 13.9. The first-order chi connectivity index (χ1) is 10.1. The topological polar surface area (TPSA) is 52.6 Å². The Morgan fingerprint density at radius 1 is 1.43 bits per heavy atom. The van der Waals surface area contributed by atoms with Gasteiger partial charge in [-0.05, 0) is 30.9 Å². The number of benzene rings is 1. The van der Waals surface area contributed by atoms with Crippen molar-refractivity contribution in [1.82, 2.24) is 10.2 Å². The van der Waals surface area contributed by atoms with E-state index in [-0.39, 0.29) is 29.8 Å². The van der Waals surface area contributed by atoms with Crippen LogP contribution in [-0.4, -0.2) is 42.3 Å². The van der Waals surface area contributed by atoms with Gasteiger partial charge in [0, 0.05) is 37.6 Å². The van der Waals surface area contributed by atoms with Crippen LogP contribution in [0.4, 0.5) is 9.18 Å². The van der Waals surface area contributed by atoms with E-state index in [1.807, 2.05) is 12.1 Å². The van der Waals surface area contributed by atoms with Crippen LogP contribution in [0.5, 0.6) is 0 Å². The maximum atomic E-state index is 13.9. The van der Waals surface area contributed by atoms with E-state index in [1.165, 1.54) is 6.07 Å². The fourth-order valence-corrected chi connectivity index (χ4v) is 3.11. The SMILES string of the molecule is O=C(NCC1(c2ccccc2F)CC1)N1CCC(CO)C1. The average molecular weight is 292 g/mol. The van der Waals surface area contributed by atoms with Gasteiger partial charge in [-0.15, -0.1) is 0 Å². The van der Waals surface area contributed by atoms with Crippen molar-refractivity contribution >= 4 is 6.03 Å². The third-order valence-corrected chi connectivity index (χ3v) is 4.71. The molecular formula is C16H21FN2O2. The first kappa shape index (κ1) is 14.3. The van der Waals surface area contributed by atoms with Gasteiger partial charge in [0.25, 0.3) is 0 Å². The van der Waals surface area contributed by atoms with Gasteiger partial charge in [0.05, 0.1) is 0 Å². The van der Waals surface area contributed by atoms with E-state index in [2.05, 4.69) is 5.32 Å². The predicted octanol–water partition coefficient (Wildman–Crippen LogP) is 1.88. The Bertz CT molecular complexity index is 531. The summed E-state index contributed by atoms with van der Waals surface area (Å²) in [6, 6.07) is 6.71. The van der Waals surface area contributed by atoms with E-state index in [4.69, 9.17) is 5.11 Å². The van der Waals surface area contributed by atoms with E-state index in [9.17, 15) is 9.18 Å². The molecule has 1 aliphatic heterocycles. The molecule has 2 fully saturated rings. The molecule has 1 saturated carbocycles. The number of aliphatic hydroxyl groups is 1. The Kier molecular flexibility index (Phi) is 3.85. The summed E-state index contributed by atoms with van der Waals surface area (Å²) in [5.74, 6) is 0.00275. The van der Waals surface area contributed by atoms with Crippen LogP contribution in [0.3, 0.4) is 0 Å². The fraction of sp³-hybridized carbons (Fsp3) is 0.562. The van der Waals surface area contributed by atoms with E-state index in [1.54, 1.807) is 11.0 Å². The van der Waals surface area contributed by atoms with E-state index >= 15 is 0 Å². The van der Waals surface area contributed by atoms with Crippen molar-refractivity contribution in [2.75, 3.05) is 26.2 Å². The van der Waals surface area contributed by atoms with Crippen LogP contribution >= 0.6 is 0 Å². The summed E-state index contributed by atoms with van der Waals surface area (Å²) in [7, 11) is 0. The summed E-state index contributed by atoms with van der Waals surface area (Å²) in [4.78, 5) is 13.9. The molecule has 0 aromatic heterocycles. The van der Waals surface area contributed by atoms with Crippen LogP contribution in [0.2, 0.25) is 0 Å². The zero-order chi connectivity index (χ0) is 14.9. The Morgan fingerprint density at radius 3 is 2.81 bits per heavy atom. The minimum atomic E-state index is -0.225. The molecule has 21 heavy (non-hydrogen) atoms. The molecule has 5 heteroatoms. The molecule has 114 valence electrons. The molecule has 0 bridgehead atoms. The molecule has 1 aliphatic carbocycles. The first-order valence-electron chi connectivity index (χ1n) is 7.53. The number of aliphatic hydroxyl groups excluding tert-OH is 1. The second-order valence-corrected chi connectivity index (χ2v) is 6.20. The van der Waals surface area contributed by atoms with Gasteiger partial charge in [-0.25, -0.2) is 9.18 Å². The number of hydrogen-bond acceptors (Lipinski definition) is 2. The lowest BCUT2D eigenvalue weighted by molar-refractivity contribution is 0.197. The number of rotatable bonds is 4. The summed E-state index contributed by atoms with van der Waals surface area (Å²) >= 11 is 0. The number of urea groups is 1. The zero-order valence-corrected chi connectivity index (χ0v) is 12.0. The summed E-state index contributed by atoms with van der Waals surface area (Å²) in [6.07, 6.45) is 2.67. The van der Waals surface area contributed by atoms with Crippen molar-refractivity contribution < 1.29 is 14.3 Å². The van der Waals surface area contributed by atoms with Crippen LogP contribution in [0, 0.1) is 11.7 Å². The van der Waals surface area contributed by atoms with Crippen LogP contribution < -0.4 is 5.32 Å². The highest BCUT2D eigenvalue weighted by molar-refractivity contribution is 5.74. The standard InChI is InChI=1S/C16H21FN2O2/c17-14-4-2-1-3-13(14)16(6-7-16)11-18-15(21)19-8-5-12(9-19)10-20/h1-4,12,20H,5-11H2,(H,18,21). The van der Waals surface area contributed by atoms with Crippen molar-refractivity contribution in [1.29, 1.82) is 0 Å². The van der Waals surface area contributed by atoms with Gasteiger partial charge in [0.1, 0.15) is 5.82 Å². The number of carbonyl (C=O) groups is 1. The third-order valence-electron chi connectivity index (χ3n) is 4.71. The summed E-state index contributed by atoms with van der Waals surface area (Å²) < 4.78 is 13.9. The fourth-order valence-electron chi connectivity index (χ4n) is 3.11. The minimum Gasteiger partial charge on any atom is -0.396 e. The Morgan fingerprint density at radius 2 is 2.19 bits per heavy atom. The van der Waals surface area contributed by atoms with Crippen molar-refractivity contribution in [2.24, 2.45) is 5.92 Å². The summed E-state index contributed by atoms with van der Waals surface area (Å²) in [5, 5.41) is 12.1. The molecule has 2 N–H and O–H groups in total. The smallest absolute Gasteiger partial charge is 0.317 e. The van der Waals surface area contributed by atoms with Crippen LogP contribution in [0.25, 0.3) is 0 Å². The first-order valence-corrected chi connectivity index (χ1v) is 7.53. The van der Waals surface area contributed by atoms with Crippen LogP contribution in [-0.2, 0) is 5.41 Å². The van der Waals surface area contributed by atoms with Gasteiger partial charge < -0.3 is 15.3 Å². The van der Waals surface area contributed by atoms with Crippen molar-refractivity contribution in [3.63, 3.8) is 0 Å². The predicted molar refractivity (Wildman–Crippen MR) is 77.5 cm³/mol. The number of hydrogen-bond donors (Lipinski definition) is 2. The monoisotopic (exact) mass is 292 g/mol. The maximum Gasteiger partial charge on any atom is 0.317 e. The van der Waals surface area contributed by atoms with Crippen molar-refractivity contribution in [3.8, 4) is 0 Å². The molecule has 2 amide bonds. The number of nitrogens with one attached hydrogen (secondary N) is 1. The average Bonchev–Trinajstić information content (AvgIpc) is 3.12. The molecule has 1 unspecified atom stereocenters. The zero-order valence-electron chi connectivity index (χ0n) is 12.0. The van der Waals surface area contributed by atoms with E-state index in [0.29, 0.717) is 25.2 Å². The molecule has 0 spiro atoms. The summed E-state index contributed by atoms with van der Waals surface area (Å²) in [6.45, 7) is 1.90. The highest BCUT2D eigenvalue weighted by Gasteiger charge is 2.46. The second-order valence-electron chi connectivity index (χ2n) is 6.20. The second kappa shape index (κ2) is 5.64. The van der Waals surface area contributed by atoms with Gasteiger partial charge in [-0.2, -0.15) is 0 Å². The number of likely N-dealkylation sites (tertiary alicyclic amines) is 1. The Balaban J connectivity index is 1.58. The van der Waals surface area contributed by atoms with E-state index < -0.39 is 0 Å². The molecule has 0 radical (unpaired) electrons. The molecule has 3 rings (SSSR count). The third kappa shape index (κ3) is 2.88. The van der Waals surface area contributed by atoms with Crippen LogP contribution in [0.1, 0.15) is 24.8 Å². The van der Waals surface area contributed by atoms with Gasteiger partial charge in [-0.3, -0.25) is 0 Å². The van der Waals surface area contributed by atoms with Crippen molar-refractivity contribution in [3.05, 3.63) is 35.6 Å². The molecular weight excluding hydrogens is 271 g/mol. The lowest BCUT2D eigenvalue weighted by Crippen LogP contribution is -2.42. The largest absolute Gasteiger partial charge is 0.396 e. The Hall–Kier alpha value is -1.62. The van der Waals surface area contributed by atoms with Gasteiger partial charge in [0.2, 0.25) is 0 Å². The molecule has 1 saturated heterocycles. The highest BCUT2D eigenvalue weighted by Crippen LogP contribution is 2.48. The van der Waals surface area contributed by atoms with Crippen LogP contribution in [0.15, 0.2) is 24.3 Å². The molecule has 1 heterocycles. The number of halogens is 1. The number of amides is 2. The van der Waals surface area contributed by atoms with Gasteiger partial charge in [0.15, 0.2) is 0 Å². The molecule has 1 aromatic carbocycles. The molecule has 1 atom stereocenters. The number of carbonyl (C=O) groups excluding carboxylic acids is 1. The molecule has 1 aromatic rings. The normalized spacial score (nSPS) is 23.1. The minimum absolute atomic E-state index is 0.103. The van der Waals surface area contributed by atoms with Gasteiger partial charge in [-0.1, -0.05) is 18.2 Å². The van der Waals surface area contributed by atoms with E-state index in [0.717, 1.165) is 19.3 Å². The van der Waals surface area contributed by atoms with Gasteiger partial charge >= 0.3 is 6.03 Å². The number of nitrogens with zero attached hydrogens (tertiary/aromatic N) is 1.